The van der Waals surface area contributed by atoms with Crippen LogP contribution < -0.4 is 16.8 Å². The van der Waals surface area contributed by atoms with E-state index < -0.39 is 5.91 Å². The lowest BCUT2D eigenvalue weighted by Crippen LogP contribution is -2.12. The van der Waals surface area contributed by atoms with Crippen molar-refractivity contribution in [2.75, 3.05) is 19.0 Å². The molecule has 2 amide bonds. The van der Waals surface area contributed by atoms with Crippen molar-refractivity contribution in [2.45, 2.75) is 6.42 Å². The average molecular weight is 354 g/mol. The molecule has 7 N–H and O–H groups in total. The molecule has 0 unspecified atom stereocenters. The topological polar surface area (TPSA) is 134 Å². The minimum atomic E-state index is -0.460. The van der Waals surface area contributed by atoms with Crippen LogP contribution in [0.3, 0.4) is 0 Å². The lowest BCUT2D eigenvalue weighted by Gasteiger charge is -2.05. The van der Waals surface area contributed by atoms with E-state index in [0.717, 1.165) is 27.6 Å². The third-order valence-electron chi connectivity index (χ3n) is 3.96. The number of rotatable bonds is 5. The second kappa shape index (κ2) is 8.68. The summed E-state index contributed by atoms with van der Waals surface area (Å²) in [5.41, 5.74) is 14.2. The first kappa shape index (κ1) is 19.0. The van der Waals surface area contributed by atoms with Crippen LogP contribution in [0, 0.1) is 0 Å². The maximum Gasteiger partial charge on any atom is 0.253 e. The first-order valence-corrected chi connectivity index (χ1v) is 8.04. The van der Waals surface area contributed by atoms with Gasteiger partial charge in [0.1, 0.15) is 5.82 Å². The van der Waals surface area contributed by atoms with Gasteiger partial charge in [0.05, 0.1) is 5.56 Å². The van der Waals surface area contributed by atoms with E-state index in [0.29, 0.717) is 17.8 Å². The number of nitrogens with one attached hydrogen (secondary N) is 2. The van der Waals surface area contributed by atoms with Crippen LogP contribution in [-0.2, 0) is 11.2 Å². The third-order valence-corrected chi connectivity index (χ3v) is 3.96. The minimum Gasteiger partial charge on any atom is -0.396 e. The number of aromatic nitrogens is 1. The number of amides is 2. The quantitative estimate of drug-likeness (QED) is 0.445. The lowest BCUT2D eigenvalue weighted by molar-refractivity contribution is -0.106. The van der Waals surface area contributed by atoms with Gasteiger partial charge in [-0.2, -0.15) is 0 Å². The second-order valence-corrected chi connectivity index (χ2v) is 5.56. The molecule has 0 radical (unpaired) electrons. The van der Waals surface area contributed by atoms with Gasteiger partial charge in [-0.3, -0.25) is 9.59 Å². The summed E-state index contributed by atoms with van der Waals surface area (Å²) >= 11 is 0. The largest absolute Gasteiger partial charge is 0.396 e. The van der Waals surface area contributed by atoms with E-state index in [1.807, 2.05) is 36.4 Å². The molecular formula is C19H22N4O3. The molecule has 0 aliphatic heterocycles. The predicted octanol–water partition coefficient (Wildman–Crippen LogP) is 1.61. The van der Waals surface area contributed by atoms with Crippen molar-refractivity contribution in [1.29, 1.82) is 0 Å². The summed E-state index contributed by atoms with van der Waals surface area (Å²) in [6.45, 7) is 0.132. The maximum atomic E-state index is 11.7. The zero-order chi connectivity index (χ0) is 19.1. The molecule has 0 bridgehead atoms. The Bertz CT molecular complexity index is 918. The number of anilines is 1. The molecule has 0 aliphatic rings. The van der Waals surface area contributed by atoms with E-state index in [1.165, 1.54) is 0 Å². The summed E-state index contributed by atoms with van der Waals surface area (Å²) in [6.07, 6.45) is 0.883. The van der Waals surface area contributed by atoms with Gasteiger partial charge in [-0.25, -0.2) is 0 Å². The molecule has 136 valence electrons. The number of aromatic amines is 1. The van der Waals surface area contributed by atoms with Crippen LogP contribution in [0.1, 0.15) is 15.9 Å². The standard InChI is InChI=1S/C18H19N3O2.CH3NO/c1-20-18-16(17(19)23)14-6-5-13(10-15(14)21-18)12-4-2-3-11(9-12)7-8-22;2-1-3/h2-6,9-10,20-22H,7-8H2,1H3,(H2,19,23);1H,(H2,2,3). The van der Waals surface area contributed by atoms with Gasteiger partial charge in [-0.05, 0) is 29.2 Å². The number of nitrogens with two attached hydrogens (primary N) is 2. The van der Waals surface area contributed by atoms with E-state index in [1.54, 1.807) is 7.05 Å². The van der Waals surface area contributed by atoms with Gasteiger partial charge in [-0.15, -0.1) is 0 Å². The Morgan fingerprint density at radius 2 is 1.92 bits per heavy atom. The highest BCUT2D eigenvalue weighted by Gasteiger charge is 2.15. The molecule has 1 heterocycles. The van der Waals surface area contributed by atoms with E-state index >= 15 is 0 Å². The molecule has 3 rings (SSSR count). The molecule has 0 saturated heterocycles. The number of H-pyrrole nitrogens is 1. The van der Waals surface area contributed by atoms with Crippen molar-refractivity contribution < 1.29 is 14.7 Å². The van der Waals surface area contributed by atoms with E-state index in [-0.39, 0.29) is 13.0 Å². The fraction of sp³-hybridized carbons (Fsp3) is 0.158. The number of carbonyl (C=O) groups is 2. The van der Waals surface area contributed by atoms with Crippen LogP contribution in [0.5, 0.6) is 0 Å². The molecule has 0 spiro atoms. The molecule has 7 heteroatoms. The van der Waals surface area contributed by atoms with Crippen molar-refractivity contribution in [2.24, 2.45) is 11.5 Å². The van der Waals surface area contributed by atoms with Crippen molar-refractivity contribution >= 4 is 29.0 Å². The molecule has 0 aliphatic carbocycles. The van der Waals surface area contributed by atoms with Gasteiger partial charge >= 0.3 is 0 Å². The van der Waals surface area contributed by atoms with Crippen LogP contribution in [0.25, 0.3) is 22.0 Å². The Balaban J connectivity index is 0.000000758. The van der Waals surface area contributed by atoms with Gasteiger partial charge in [-0.1, -0.05) is 36.4 Å². The van der Waals surface area contributed by atoms with Gasteiger partial charge < -0.3 is 26.9 Å². The second-order valence-electron chi connectivity index (χ2n) is 5.56. The van der Waals surface area contributed by atoms with Crippen molar-refractivity contribution in [3.63, 3.8) is 0 Å². The Morgan fingerprint density at radius 1 is 1.23 bits per heavy atom. The summed E-state index contributed by atoms with van der Waals surface area (Å²) in [5, 5.41) is 12.8. The summed E-state index contributed by atoms with van der Waals surface area (Å²) in [6, 6.07) is 13.9. The van der Waals surface area contributed by atoms with Gasteiger partial charge in [0.25, 0.3) is 5.91 Å². The van der Waals surface area contributed by atoms with E-state index in [9.17, 15) is 4.79 Å². The molecule has 0 atom stereocenters. The third kappa shape index (κ3) is 4.01. The van der Waals surface area contributed by atoms with E-state index in [4.69, 9.17) is 15.6 Å². The SMILES string of the molecule is CNc1[nH]c2cc(-c3cccc(CCO)c3)ccc2c1C(N)=O.NC=O. The molecule has 1 aromatic heterocycles. The summed E-state index contributed by atoms with van der Waals surface area (Å²) < 4.78 is 0. The molecule has 3 aromatic rings. The van der Waals surface area contributed by atoms with Gasteiger partial charge in [0.15, 0.2) is 0 Å². The highest BCUT2D eigenvalue weighted by molar-refractivity contribution is 6.11. The average Bonchev–Trinajstić information content (AvgIpc) is 3.01. The maximum absolute atomic E-state index is 11.7. The van der Waals surface area contributed by atoms with Gasteiger partial charge in [0.2, 0.25) is 6.41 Å². The number of aliphatic hydroxyl groups is 1. The number of primary amides is 2. The summed E-state index contributed by atoms with van der Waals surface area (Å²) in [5.74, 6) is 0.164. The monoisotopic (exact) mass is 354 g/mol. The van der Waals surface area contributed by atoms with Crippen LogP contribution in [0.4, 0.5) is 5.82 Å². The Kier molecular flexibility index (Phi) is 6.35. The number of hydrogen-bond acceptors (Lipinski definition) is 4. The number of benzene rings is 2. The Labute approximate surface area is 151 Å². The molecule has 0 saturated carbocycles. The fourth-order valence-electron chi connectivity index (χ4n) is 2.86. The predicted molar refractivity (Wildman–Crippen MR) is 103 cm³/mol. The zero-order valence-electron chi connectivity index (χ0n) is 14.5. The smallest absolute Gasteiger partial charge is 0.253 e. The summed E-state index contributed by atoms with van der Waals surface area (Å²) in [7, 11) is 1.75. The highest BCUT2D eigenvalue weighted by atomic mass is 16.3. The van der Waals surface area contributed by atoms with Crippen LogP contribution in [0.15, 0.2) is 42.5 Å². The number of aliphatic hydroxyl groups excluding tert-OH is 1. The fourth-order valence-corrected chi connectivity index (χ4v) is 2.86. The van der Waals surface area contributed by atoms with Crippen LogP contribution >= 0.6 is 0 Å². The van der Waals surface area contributed by atoms with Crippen LogP contribution in [0.2, 0.25) is 0 Å². The van der Waals surface area contributed by atoms with Crippen molar-refractivity contribution in [1.82, 2.24) is 4.98 Å². The lowest BCUT2D eigenvalue weighted by atomic mass is 10.0. The van der Waals surface area contributed by atoms with Crippen LogP contribution in [-0.4, -0.2) is 36.1 Å². The van der Waals surface area contributed by atoms with E-state index in [2.05, 4.69) is 22.1 Å². The number of hydrogen-bond donors (Lipinski definition) is 5. The Hall–Kier alpha value is -3.32. The molecule has 7 nitrogen and oxygen atoms in total. The van der Waals surface area contributed by atoms with Gasteiger partial charge in [0, 0.05) is 24.6 Å². The molecule has 2 aromatic carbocycles. The molecule has 26 heavy (non-hydrogen) atoms. The van der Waals surface area contributed by atoms with Crippen molar-refractivity contribution in [3.8, 4) is 11.1 Å². The first-order valence-electron chi connectivity index (χ1n) is 8.04. The number of fused-ring (bicyclic) bond motifs is 1. The summed E-state index contributed by atoms with van der Waals surface area (Å²) in [4.78, 5) is 23.4. The highest BCUT2D eigenvalue weighted by Crippen LogP contribution is 2.30. The molecular weight excluding hydrogens is 332 g/mol. The Morgan fingerprint density at radius 3 is 2.54 bits per heavy atom. The minimum absolute atomic E-state index is 0.132. The molecule has 0 fully saturated rings. The normalized spacial score (nSPS) is 10.1. The number of carbonyl (C=O) groups excluding carboxylic acids is 2. The zero-order valence-corrected chi connectivity index (χ0v) is 14.5. The first-order chi connectivity index (χ1) is 12.5. The van der Waals surface area contributed by atoms with Crippen molar-refractivity contribution in [3.05, 3.63) is 53.6 Å².